The molecule has 0 atom stereocenters. The number of carbonyl (C=O) groups excluding carboxylic acids is 2. The average molecular weight is 410 g/mol. The molecule has 0 radical (unpaired) electrons. The van der Waals surface area contributed by atoms with Crippen LogP contribution in [0, 0.1) is 0 Å². The third kappa shape index (κ3) is 3.36. The van der Waals surface area contributed by atoms with Gasteiger partial charge in [-0.05, 0) is 30.2 Å². The Labute approximate surface area is 177 Å². The summed E-state index contributed by atoms with van der Waals surface area (Å²) in [6, 6.07) is 12.6. The number of benzene rings is 1. The predicted molar refractivity (Wildman–Crippen MR) is 116 cm³/mol. The van der Waals surface area contributed by atoms with E-state index in [-0.39, 0.29) is 17.4 Å². The standard InChI is InChI=1S/C24H18N4O3/c29-16-10-18-19(13-27-24(18)26-12-16)23(31)20-14-28(21-6-2-1-5-17(20)21)22(30)8-7-15-4-3-9-25-11-15/h1-6,9-14,29H,7-8H2,(H,26,27). The topological polar surface area (TPSA) is 101 Å². The quantitative estimate of drug-likeness (QED) is 0.425. The first-order chi connectivity index (χ1) is 15.1. The zero-order valence-corrected chi connectivity index (χ0v) is 16.4. The number of aromatic amines is 1. The predicted octanol–water partition coefficient (Wildman–Crippen LogP) is 4.12. The van der Waals surface area contributed by atoms with Crippen LogP contribution < -0.4 is 0 Å². The molecule has 0 saturated heterocycles. The van der Waals surface area contributed by atoms with Gasteiger partial charge in [0.1, 0.15) is 11.4 Å². The monoisotopic (exact) mass is 410 g/mol. The lowest BCUT2D eigenvalue weighted by molar-refractivity contribution is 0.0908. The van der Waals surface area contributed by atoms with Gasteiger partial charge < -0.3 is 10.1 Å². The van der Waals surface area contributed by atoms with Gasteiger partial charge in [-0.3, -0.25) is 19.1 Å². The number of aromatic hydroxyl groups is 1. The minimum atomic E-state index is -0.242. The molecule has 4 aromatic heterocycles. The van der Waals surface area contributed by atoms with E-state index >= 15 is 0 Å². The molecule has 0 aliphatic heterocycles. The van der Waals surface area contributed by atoms with Crippen LogP contribution in [0.15, 0.2) is 73.4 Å². The molecule has 152 valence electrons. The fourth-order valence-corrected chi connectivity index (χ4v) is 3.81. The van der Waals surface area contributed by atoms with Crippen LogP contribution in [0.5, 0.6) is 5.75 Å². The molecule has 0 bridgehead atoms. The van der Waals surface area contributed by atoms with Gasteiger partial charge in [0, 0.05) is 53.1 Å². The van der Waals surface area contributed by atoms with Crippen LogP contribution in [0.4, 0.5) is 0 Å². The highest BCUT2D eigenvalue weighted by molar-refractivity contribution is 6.21. The maximum absolute atomic E-state index is 13.4. The van der Waals surface area contributed by atoms with Crippen molar-refractivity contribution in [1.29, 1.82) is 0 Å². The molecule has 4 heterocycles. The summed E-state index contributed by atoms with van der Waals surface area (Å²) in [6.45, 7) is 0. The Hall–Kier alpha value is -4.26. The highest BCUT2D eigenvalue weighted by Crippen LogP contribution is 2.28. The smallest absolute Gasteiger partial charge is 0.231 e. The maximum Gasteiger partial charge on any atom is 0.231 e. The summed E-state index contributed by atoms with van der Waals surface area (Å²) >= 11 is 0. The number of hydrogen-bond donors (Lipinski definition) is 2. The summed E-state index contributed by atoms with van der Waals surface area (Å²) in [5.41, 5.74) is 2.99. The van der Waals surface area contributed by atoms with Crippen molar-refractivity contribution in [3.05, 3.63) is 90.1 Å². The minimum absolute atomic E-state index is 0.0193. The summed E-state index contributed by atoms with van der Waals surface area (Å²) < 4.78 is 1.55. The lowest BCUT2D eigenvalue weighted by atomic mass is 10.0. The number of fused-ring (bicyclic) bond motifs is 2. The Morgan fingerprint density at radius 1 is 1.03 bits per heavy atom. The largest absolute Gasteiger partial charge is 0.506 e. The van der Waals surface area contributed by atoms with E-state index in [0.717, 1.165) is 5.56 Å². The van der Waals surface area contributed by atoms with E-state index in [1.54, 1.807) is 29.4 Å². The number of pyridine rings is 2. The lowest BCUT2D eigenvalue weighted by Crippen LogP contribution is -2.10. The average Bonchev–Trinajstić information content (AvgIpc) is 3.39. The maximum atomic E-state index is 13.4. The van der Waals surface area contributed by atoms with Gasteiger partial charge in [0.05, 0.1) is 11.7 Å². The number of carbonyl (C=O) groups is 2. The van der Waals surface area contributed by atoms with Crippen molar-refractivity contribution >= 4 is 33.6 Å². The number of rotatable bonds is 5. The Kier molecular flexibility index (Phi) is 4.55. The molecule has 0 spiro atoms. The van der Waals surface area contributed by atoms with Crippen LogP contribution >= 0.6 is 0 Å². The molecular formula is C24H18N4O3. The highest BCUT2D eigenvalue weighted by atomic mass is 16.3. The first kappa shape index (κ1) is 18.7. The van der Waals surface area contributed by atoms with E-state index in [0.29, 0.717) is 45.9 Å². The van der Waals surface area contributed by atoms with E-state index < -0.39 is 0 Å². The van der Waals surface area contributed by atoms with Crippen LogP contribution in [0.3, 0.4) is 0 Å². The van der Waals surface area contributed by atoms with Gasteiger partial charge in [-0.15, -0.1) is 0 Å². The molecule has 2 N–H and O–H groups in total. The fourth-order valence-electron chi connectivity index (χ4n) is 3.81. The van der Waals surface area contributed by atoms with Gasteiger partial charge in [0.15, 0.2) is 5.78 Å². The number of ketones is 1. The Balaban J connectivity index is 1.53. The van der Waals surface area contributed by atoms with Crippen molar-refractivity contribution in [3.63, 3.8) is 0 Å². The van der Waals surface area contributed by atoms with Gasteiger partial charge in [-0.2, -0.15) is 0 Å². The van der Waals surface area contributed by atoms with Crippen LogP contribution in [0.2, 0.25) is 0 Å². The first-order valence-corrected chi connectivity index (χ1v) is 9.85. The second-order valence-corrected chi connectivity index (χ2v) is 7.31. The Bertz CT molecular complexity index is 1430. The van der Waals surface area contributed by atoms with Crippen molar-refractivity contribution in [2.45, 2.75) is 12.8 Å². The molecule has 0 fully saturated rings. The molecule has 0 aliphatic rings. The van der Waals surface area contributed by atoms with Crippen LogP contribution in [0.25, 0.3) is 21.9 Å². The first-order valence-electron chi connectivity index (χ1n) is 9.85. The fraction of sp³-hybridized carbons (Fsp3) is 0.0833. The third-order valence-corrected chi connectivity index (χ3v) is 5.34. The van der Waals surface area contributed by atoms with Gasteiger partial charge in [0.2, 0.25) is 5.91 Å². The molecule has 0 saturated carbocycles. The second kappa shape index (κ2) is 7.53. The molecule has 0 aliphatic carbocycles. The third-order valence-electron chi connectivity index (χ3n) is 5.34. The molecule has 0 unspecified atom stereocenters. The molecule has 7 nitrogen and oxygen atoms in total. The van der Waals surface area contributed by atoms with E-state index in [2.05, 4.69) is 15.0 Å². The van der Waals surface area contributed by atoms with E-state index in [1.165, 1.54) is 12.3 Å². The molecule has 5 aromatic rings. The zero-order chi connectivity index (χ0) is 21.4. The van der Waals surface area contributed by atoms with Gasteiger partial charge in [0.25, 0.3) is 0 Å². The van der Waals surface area contributed by atoms with Crippen LogP contribution in [-0.2, 0) is 6.42 Å². The van der Waals surface area contributed by atoms with Gasteiger partial charge in [-0.25, -0.2) is 4.98 Å². The number of H-pyrrole nitrogens is 1. The van der Waals surface area contributed by atoms with Gasteiger partial charge >= 0.3 is 0 Å². The number of hydrogen-bond acceptors (Lipinski definition) is 5. The summed E-state index contributed by atoms with van der Waals surface area (Å²) in [4.78, 5) is 37.5. The number of para-hydroxylation sites is 1. The molecule has 0 amide bonds. The summed E-state index contributed by atoms with van der Waals surface area (Å²) in [7, 11) is 0. The number of aryl methyl sites for hydroxylation is 1. The molecule has 7 heteroatoms. The van der Waals surface area contributed by atoms with Crippen molar-refractivity contribution in [2.24, 2.45) is 0 Å². The summed E-state index contributed by atoms with van der Waals surface area (Å²) in [5, 5.41) is 11.0. The molecule has 31 heavy (non-hydrogen) atoms. The Morgan fingerprint density at radius 2 is 1.90 bits per heavy atom. The highest BCUT2D eigenvalue weighted by Gasteiger charge is 2.22. The summed E-state index contributed by atoms with van der Waals surface area (Å²) in [5.74, 6) is -0.361. The molecule has 5 rings (SSSR count). The van der Waals surface area contributed by atoms with Crippen LogP contribution in [0.1, 0.15) is 32.7 Å². The number of nitrogens with one attached hydrogen (secondary N) is 1. The Morgan fingerprint density at radius 3 is 2.74 bits per heavy atom. The minimum Gasteiger partial charge on any atom is -0.506 e. The lowest BCUT2D eigenvalue weighted by Gasteiger charge is -2.04. The van der Waals surface area contributed by atoms with E-state index in [4.69, 9.17) is 0 Å². The van der Waals surface area contributed by atoms with E-state index in [1.807, 2.05) is 36.4 Å². The molecular weight excluding hydrogens is 392 g/mol. The van der Waals surface area contributed by atoms with Crippen molar-refractivity contribution in [2.75, 3.05) is 0 Å². The van der Waals surface area contributed by atoms with Crippen molar-refractivity contribution in [3.8, 4) is 5.75 Å². The van der Waals surface area contributed by atoms with Crippen LogP contribution in [-0.4, -0.2) is 36.3 Å². The SMILES string of the molecule is O=C(c1c[nH]c2ncc(O)cc12)c1cn(C(=O)CCc2cccnc2)c2ccccc12. The normalized spacial score (nSPS) is 11.2. The van der Waals surface area contributed by atoms with E-state index in [9.17, 15) is 14.7 Å². The van der Waals surface area contributed by atoms with Crippen molar-refractivity contribution < 1.29 is 14.7 Å². The second-order valence-electron chi connectivity index (χ2n) is 7.31. The molecule has 1 aromatic carbocycles. The zero-order valence-electron chi connectivity index (χ0n) is 16.4. The summed E-state index contributed by atoms with van der Waals surface area (Å²) in [6.07, 6.45) is 8.81. The number of nitrogens with zero attached hydrogens (tertiary/aromatic N) is 3. The van der Waals surface area contributed by atoms with Crippen molar-refractivity contribution in [1.82, 2.24) is 19.5 Å². The number of aromatic nitrogens is 4. The van der Waals surface area contributed by atoms with Gasteiger partial charge in [-0.1, -0.05) is 24.3 Å².